The first-order chi connectivity index (χ1) is 35.9. The van der Waals surface area contributed by atoms with E-state index in [0.29, 0.717) is 62.4 Å². The number of carbonyl (C=O) groups excluding carboxylic acids is 6. The zero-order chi connectivity index (χ0) is 54.1. The van der Waals surface area contributed by atoms with Crippen molar-refractivity contribution in [2.45, 2.75) is 143 Å². The van der Waals surface area contributed by atoms with E-state index in [1.807, 2.05) is 77.5 Å². The highest BCUT2D eigenvalue weighted by Gasteiger charge is 2.44. The predicted molar refractivity (Wildman–Crippen MR) is 278 cm³/mol. The Balaban J connectivity index is 0.844. The van der Waals surface area contributed by atoms with Crippen LogP contribution >= 0.6 is 11.3 Å². The van der Waals surface area contributed by atoms with E-state index in [0.717, 1.165) is 34.5 Å². The molecule has 408 valence electrons. The van der Waals surface area contributed by atoms with Crippen LogP contribution in [-0.2, 0) is 59.7 Å². The van der Waals surface area contributed by atoms with Gasteiger partial charge >= 0.3 is 6.09 Å². The molecule has 2 fully saturated rings. The van der Waals surface area contributed by atoms with Crippen LogP contribution in [0.5, 0.6) is 5.75 Å². The van der Waals surface area contributed by atoms with Crippen molar-refractivity contribution in [3.8, 4) is 16.2 Å². The largest absolute Gasteiger partial charge is 0.487 e. The summed E-state index contributed by atoms with van der Waals surface area (Å²) in [7, 11) is 0. The molecular formula is C53H74N10O11S. The van der Waals surface area contributed by atoms with E-state index in [2.05, 4.69) is 41.9 Å². The van der Waals surface area contributed by atoms with Crippen molar-refractivity contribution in [3.63, 3.8) is 0 Å². The summed E-state index contributed by atoms with van der Waals surface area (Å²) in [5, 5.41) is 42.8. The third-order valence-corrected chi connectivity index (χ3v) is 14.0. The number of carbonyl (C=O) groups is 6. The van der Waals surface area contributed by atoms with Crippen LogP contribution < -0.4 is 31.3 Å². The van der Waals surface area contributed by atoms with Crippen LogP contribution in [0.1, 0.15) is 102 Å². The number of aryl methyl sites for hydroxylation is 2. The minimum Gasteiger partial charge on any atom is -0.487 e. The molecule has 6 rings (SSSR count). The summed E-state index contributed by atoms with van der Waals surface area (Å²) in [6, 6.07) is 11.5. The standard InChI is InChI=1S/C53H74N10O11S/c1-33(2)22-43(49(68)57-39(28-64)23-38-18-19-54-48(38)67)58-52(71)74-29-36-12-16-42(17-13-36)73-30-40-26-62(61-60-40)20-8-7-9-21-72-31-45(66)59-47(53(4,5)6)51(70)63-27-41(65)24-44(63)50(69)55-25-35-10-14-37(15-11-35)46-34(3)56-32-75-46/h10-17,26,32-33,38-39,41,43-44,47,64-65H,7-9,18-25,27-31H2,1-6H3,(H,54,67)(H,55,69)(H,57,68)(H,58,71)(H,59,66)/t38-,39-,41+,43-,44-,47+/m0/s1. The number of thiazole rings is 1. The lowest BCUT2D eigenvalue weighted by Crippen LogP contribution is -2.58. The Labute approximate surface area is 442 Å². The van der Waals surface area contributed by atoms with Crippen molar-refractivity contribution in [3.05, 3.63) is 82.8 Å². The summed E-state index contributed by atoms with van der Waals surface area (Å²) >= 11 is 1.57. The number of aliphatic hydroxyl groups is 2. The molecule has 2 aromatic heterocycles. The fourth-order valence-corrected chi connectivity index (χ4v) is 9.70. The van der Waals surface area contributed by atoms with Gasteiger partial charge in [-0.1, -0.05) is 76.2 Å². The first-order valence-electron chi connectivity index (χ1n) is 25.7. The number of amides is 6. The quantitative estimate of drug-likeness (QED) is 0.0417. The average molecular weight is 1060 g/mol. The van der Waals surface area contributed by atoms with E-state index in [-0.39, 0.29) is 69.6 Å². The number of nitrogens with one attached hydrogen (secondary N) is 5. The molecule has 6 amide bonds. The number of rotatable bonds is 27. The number of nitrogens with zero attached hydrogens (tertiary/aromatic N) is 5. The van der Waals surface area contributed by atoms with E-state index in [9.17, 15) is 39.0 Å². The van der Waals surface area contributed by atoms with E-state index >= 15 is 0 Å². The van der Waals surface area contributed by atoms with Gasteiger partial charge in [0.05, 0.1) is 41.0 Å². The number of alkyl carbamates (subject to hydrolysis) is 1. The van der Waals surface area contributed by atoms with Gasteiger partial charge < -0.3 is 55.9 Å². The summed E-state index contributed by atoms with van der Waals surface area (Å²) in [6.07, 6.45) is 3.83. The van der Waals surface area contributed by atoms with Crippen LogP contribution in [0, 0.1) is 24.2 Å². The van der Waals surface area contributed by atoms with Crippen molar-refractivity contribution in [2.75, 3.05) is 32.9 Å². The van der Waals surface area contributed by atoms with Gasteiger partial charge in [-0.3, -0.25) is 28.7 Å². The number of hydrogen-bond donors (Lipinski definition) is 7. The second-order valence-electron chi connectivity index (χ2n) is 20.8. The molecule has 21 nitrogen and oxygen atoms in total. The van der Waals surface area contributed by atoms with Crippen molar-refractivity contribution >= 4 is 47.0 Å². The molecule has 2 aromatic carbocycles. The Morgan fingerprint density at radius 1 is 0.960 bits per heavy atom. The lowest BCUT2D eigenvalue weighted by molar-refractivity contribution is -0.144. The lowest BCUT2D eigenvalue weighted by Gasteiger charge is -2.35. The van der Waals surface area contributed by atoms with Crippen LogP contribution in [0.25, 0.3) is 10.4 Å². The van der Waals surface area contributed by atoms with Crippen molar-refractivity contribution in [1.29, 1.82) is 0 Å². The molecule has 2 aliphatic rings. The molecule has 2 aliphatic heterocycles. The zero-order valence-electron chi connectivity index (χ0n) is 43.8. The third kappa shape index (κ3) is 17.8. The zero-order valence-corrected chi connectivity index (χ0v) is 44.7. The van der Waals surface area contributed by atoms with E-state index in [1.165, 1.54) is 4.90 Å². The molecule has 0 aliphatic carbocycles. The van der Waals surface area contributed by atoms with E-state index < -0.39 is 59.5 Å². The number of aromatic nitrogens is 4. The fourth-order valence-electron chi connectivity index (χ4n) is 8.89. The molecule has 6 atom stereocenters. The number of unbranched alkanes of at least 4 members (excludes halogenated alkanes) is 2. The van der Waals surface area contributed by atoms with Gasteiger partial charge in [-0.05, 0) is 85.6 Å². The highest BCUT2D eigenvalue weighted by Crippen LogP contribution is 2.29. The molecule has 2 saturated heterocycles. The van der Waals surface area contributed by atoms with Gasteiger partial charge in [0.15, 0.2) is 0 Å². The Hall–Kier alpha value is -6.49. The summed E-state index contributed by atoms with van der Waals surface area (Å²) in [6.45, 7) is 12.6. The van der Waals surface area contributed by atoms with Crippen molar-refractivity contribution in [2.24, 2.45) is 17.3 Å². The number of benzene rings is 2. The Morgan fingerprint density at radius 3 is 2.37 bits per heavy atom. The molecule has 4 aromatic rings. The van der Waals surface area contributed by atoms with Crippen LogP contribution in [0.4, 0.5) is 4.79 Å². The molecular weight excluding hydrogens is 985 g/mol. The van der Waals surface area contributed by atoms with Gasteiger partial charge in [-0.2, -0.15) is 0 Å². The number of β-amino-alcohol motifs (C(OH)–C–C–N with tert-alkyl or cyclic N) is 1. The monoisotopic (exact) mass is 1060 g/mol. The van der Waals surface area contributed by atoms with Crippen LogP contribution in [-0.4, -0.2) is 134 Å². The fraction of sp³-hybridized carbons (Fsp3) is 0.566. The highest BCUT2D eigenvalue weighted by atomic mass is 32.1. The lowest BCUT2D eigenvalue weighted by atomic mass is 9.85. The minimum absolute atomic E-state index is 0.0211. The third-order valence-electron chi connectivity index (χ3n) is 13.0. The molecule has 0 spiro atoms. The minimum atomic E-state index is -0.963. The number of aliphatic hydroxyl groups excluding tert-OH is 2. The maximum Gasteiger partial charge on any atom is 0.408 e. The number of hydrogen-bond acceptors (Lipinski definition) is 15. The van der Waals surface area contributed by atoms with Gasteiger partial charge in [0.1, 0.15) is 49.4 Å². The second kappa shape index (κ2) is 27.9. The van der Waals surface area contributed by atoms with E-state index in [1.54, 1.807) is 40.3 Å². The first kappa shape index (κ1) is 57.8. The second-order valence-corrected chi connectivity index (χ2v) is 21.6. The summed E-state index contributed by atoms with van der Waals surface area (Å²) in [5.74, 6) is -1.46. The molecule has 0 radical (unpaired) electrons. The SMILES string of the molecule is Cc1ncsc1-c1ccc(CNC(=O)[C@@H]2C[C@@H](O)CN2C(=O)[C@@H](NC(=O)COCCCCCn2cc(COc3ccc(COC(=O)N[C@@H](CC(C)C)C(=O)N[C@H](CO)C[C@@H]4CCNC4=O)cc3)nn2)C(C)(C)C)cc1. The first-order valence-corrected chi connectivity index (χ1v) is 26.6. The van der Waals surface area contributed by atoms with Crippen LogP contribution in [0.3, 0.4) is 0 Å². The van der Waals surface area contributed by atoms with Gasteiger partial charge in [-0.25, -0.2) is 9.78 Å². The molecule has 7 N–H and O–H groups in total. The molecule has 0 saturated carbocycles. The van der Waals surface area contributed by atoms with Crippen molar-refractivity contribution < 1.29 is 53.2 Å². The predicted octanol–water partition coefficient (Wildman–Crippen LogP) is 3.93. The Morgan fingerprint density at radius 2 is 1.71 bits per heavy atom. The maximum absolute atomic E-state index is 14.0. The van der Waals surface area contributed by atoms with Gasteiger partial charge in [-0.15, -0.1) is 16.4 Å². The number of ether oxygens (including phenoxy) is 3. The van der Waals surface area contributed by atoms with Crippen LogP contribution in [0.2, 0.25) is 0 Å². The molecule has 0 unspecified atom stereocenters. The van der Waals surface area contributed by atoms with Gasteiger partial charge in [0.2, 0.25) is 29.5 Å². The normalized spacial score (nSPS) is 17.7. The maximum atomic E-state index is 14.0. The van der Waals surface area contributed by atoms with E-state index in [4.69, 9.17) is 14.2 Å². The molecule has 75 heavy (non-hydrogen) atoms. The highest BCUT2D eigenvalue weighted by molar-refractivity contribution is 7.13. The average Bonchev–Trinajstić information content (AvgIpc) is 4.21. The van der Waals surface area contributed by atoms with Crippen LogP contribution in [0.15, 0.2) is 60.2 Å². The van der Waals surface area contributed by atoms with Crippen molar-refractivity contribution in [1.82, 2.24) is 51.5 Å². The van der Waals surface area contributed by atoms with Gasteiger partial charge in [0.25, 0.3) is 0 Å². The summed E-state index contributed by atoms with van der Waals surface area (Å²) < 4.78 is 18.7. The topological polar surface area (TPSA) is 278 Å². The molecule has 0 bridgehead atoms. The molecule has 22 heteroatoms. The summed E-state index contributed by atoms with van der Waals surface area (Å²) in [5.41, 5.74) is 5.33. The van der Waals surface area contributed by atoms with Gasteiger partial charge in [0, 0.05) is 45.1 Å². The smallest absolute Gasteiger partial charge is 0.408 e. The Bertz CT molecular complexity index is 2510. The number of likely N-dealkylation sites (tertiary alicyclic amines) is 1. The molecule has 4 heterocycles. The summed E-state index contributed by atoms with van der Waals surface area (Å²) in [4.78, 5) is 85.2. The Kier molecular flexibility index (Phi) is 21.5.